The van der Waals surface area contributed by atoms with Gasteiger partial charge in [0.15, 0.2) is 0 Å². The van der Waals surface area contributed by atoms with Gasteiger partial charge >= 0.3 is 0 Å². The van der Waals surface area contributed by atoms with Crippen LogP contribution < -0.4 is 5.32 Å². The lowest BCUT2D eigenvalue weighted by molar-refractivity contribution is 0.145. The van der Waals surface area contributed by atoms with E-state index in [2.05, 4.69) is 17.1 Å². The first-order chi connectivity index (χ1) is 6.27. The SMILES string of the molecule is CC(C1CCNC1)N1CCC(O)C1. The number of hydrogen-bond acceptors (Lipinski definition) is 3. The van der Waals surface area contributed by atoms with E-state index in [0.717, 1.165) is 32.0 Å². The largest absolute Gasteiger partial charge is 0.392 e. The molecule has 2 rings (SSSR count). The molecular weight excluding hydrogens is 164 g/mol. The highest BCUT2D eigenvalue weighted by molar-refractivity contribution is 4.86. The summed E-state index contributed by atoms with van der Waals surface area (Å²) in [5.74, 6) is 0.797. The van der Waals surface area contributed by atoms with Gasteiger partial charge in [0.1, 0.15) is 0 Å². The first-order valence-corrected chi connectivity index (χ1v) is 5.40. The van der Waals surface area contributed by atoms with Crippen molar-refractivity contribution in [3.8, 4) is 0 Å². The van der Waals surface area contributed by atoms with Crippen molar-refractivity contribution in [3.63, 3.8) is 0 Å². The fraction of sp³-hybridized carbons (Fsp3) is 1.00. The second-order valence-corrected chi connectivity index (χ2v) is 4.43. The molecule has 3 nitrogen and oxygen atoms in total. The second kappa shape index (κ2) is 3.95. The van der Waals surface area contributed by atoms with Crippen molar-refractivity contribution < 1.29 is 5.11 Å². The Hall–Kier alpha value is -0.120. The van der Waals surface area contributed by atoms with E-state index in [9.17, 15) is 5.11 Å². The minimum Gasteiger partial charge on any atom is -0.392 e. The van der Waals surface area contributed by atoms with Crippen molar-refractivity contribution in [2.24, 2.45) is 5.92 Å². The molecule has 0 aliphatic carbocycles. The number of nitrogens with one attached hydrogen (secondary N) is 1. The minimum atomic E-state index is -0.0724. The fourth-order valence-electron chi connectivity index (χ4n) is 2.52. The minimum absolute atomic E-state index is 0.0724. The maximum Gasteiger partial charge on any atom is 0.0679 e. The summed E-state index contributed by atoms with van der Waals surface area (Å²) in [6, 6.07) is 0.646. The average molecular weight is 184 g/mol. The van der Waals surface area contributed by atoms with Gasteiger partial charge in [-0.3, -0.25) is 4.90 Å². The van der Waals surface area contributed by atoms with Crippen LogP contribution in [0.1, 0.15) is 19.8 Å². The number of aliphatic hydroxyl groups excluding tert-OH is 1. The Morgan fingerprint density at radius 1 is 1.46 bits per heavy atom. The smallest absolute Gasteiger partial charge is 0.0679 e. The van der Waals surface area contributed by atoms with E-state index in [1.165, 1.54) is 13.0 Å². The van der Waals surface area contributed by atoms with Gasteiger partial charge in [0.2, 0.25) is 0 Å². The lowest BCUT2D eigenvalue weighted by Crippen LogP contribution is -2.38. The second-order valence-electron chi connectivity index (χ2n) is 4.43. The third-order valence-electron chi connectivity index (χ3n) is 3.55. The Morgan fingerprint density at radius 3 is 2.85 bits per heavy atom. The third kappa shape index (κ3) is 2.03. The van der Waals surface area contributed by atoms with Crippen LogP contribution in [-0.4, -0.2) is 48.3 Å². The molecule has 76 valence electrons. The van der Waals surface area contributed by atoms with Gasteiger partial charge < -0.3 is 10.4 Å². The predicted octanol–water partition coefficient (Wildman–Crippen LogP) is 0.0510. The van der Waals surface area contributed by atoms with Gasteiger partial charge in [-0.25, -0.2) is 0 Å². The summed E-state index contributed by atoms with van der Waals surface area (Å²) in [6.07, 6.45) is 2.19. The summed E-state index contributed by atoms with van der Waals surface area (Å²) in [5.41, 5.74) is 0. The third-order valence-corrected chi connectivity index (χ3v) is 3.55. The first kappa shape index (κ1) is 9.44. The van der Waals surface area contributed by atoms with Crippen molar-refractivity contribution in [3.05, 3.63) is 0 Å². The summed E-state index contributed by atoms with van der Waals surface area (Å²) in [6.45, 7) is 6.60. The van der Waals surface area contributed by atoms with Gasteiger partial charge in [-0.05, 0) is 38.8 Å². The molecule has 2 aliphatic rings. The molecule has 0 saturated carbocycles. The molecule has 0 radical (unpaired) electrons. The molecule has 3 unspecified atom stereocenters. The first-order valence-electron chi connectivity index (χ1n) is 5.40. The van der Waals surface area contributed by atoms with Gasteiger partial charge in [0.05, 0.1) is 6.10 Å². The van der Waals surface area contributed by atoms with Crippen molar-refractivity contribution in [1.82, 2.24) is 10.2 Å². The van der Waals surface area contributed by atoms with E-state index >= 15 is 0 Å². The zero-order valence-electron chi connectivity index (χ0n) is 8.37. The molecule has 2 saturated heterocycles. The molecule has 0 amide bonds. The lowest BCUT2D eigenvalue weighted by atomic mass is 9.99. The highest BCUT2D eigenvalue weighted by Gasteiger charge is 2.30. The molecule has 0 aromatic rings. The number of nitrogens with zero attached hydrogens (tertiary/aromatic N) is 1. The van der Waals surface area contributed by atoms with Crippen molar-refractivity contribution in [2.45, 2.75) is 31.9 Å². The Morgan fingerprint density at radius 2 is 2.31 bits per heavy atom. The van der Waals surface area contributed by atoms with Gasteiger partial charge in [-0.15, -0.1) is 0 Å². The normalized spacial score (nSPS) is 38.3. The average Bonchev–Trinajstić information content (AvgIpc) is 2.72. The van der Waals surface area contributed by atoms with E-state index < -0.39 is 0 Å². The molecule has 3 atom stereocenters. The Balaban J connectivity index is 1.85. The monoisotopic (exact) mass is 184 g/mol. The van der Waals surface area contributed by atoms with E-state index in [-0.39, 0.29) is 6.10 Å². The van der Waals surface area contributed by atoms with Crippen molar-refractivity contribution >= 4 is 0 Å². The van der Waals surface area contributed by atoms with Crippen LogP contribution in [0.15, 0.2) is 0 Å². The molecule has 0 bridgehead atoms. The van der Waals surface area contributed by atoms with E-state index in [1.807, 2.05) is 0 Å². The molecule has 0 aromatic carbocycles. The van der Waals surface area contributed by atoms with Crippen molar-refractivity contribution in [1.29, 1.82) is 0 Å². The maximum atomic E-state index is 9.43. The van der Waals surface area contributed by atoms with Gasteiger partial charge in [-0.1, -0.05) is 0 Å². The zero-order chi connectivity index (χ0) is 9.26. The molecule has 13 heavy (non-hydrogen) atoms. The van der Waals surface area contributed by atoms with Gasteiger partial charge in [0, 0.05) is 19.1 Å². The standard InChI is InChI=1S/C10H20N2O/c1-8(9-2-4-11-6-9)12-5-3-10(13)7-12/h8-11,13H,2-7H2,1H3. The van der Waals surface area contributed by atoms with Crippen LogP contribution in [0.4, 0.5) is 0 Å². The van der Waals surface area contributed by atoms with Crippen molar-refractivity contribution in [2.75, 3.05) is 26.2 Å². The number of β-amino-alcohol motifs (C(OH)–C–C–N with tert-alkyl or cyclic N) is 1. The molecule has 2 aliphatic heterocycles. The molecule has 2 fully saturated rings. The van der Waals surface area contributed by atoms with Crippen LogP contribution in [0.5, 0.6) is 0 Å². The summed E-state index contributed by atoms with van der Waals surface area (Å²) in [4.78, 5) is 2.43. The lowest BCUT2D eigenvalue weighted by Gasteiger charge is -2.28. The Labute approximate surface area is 80.1 Å². The predicted molar refractivity (Wildman–Crippen MR) is 52.6 cm³/mol. The van der Waals surface area contributed by atoms with Crippen LogP contribution in [-0.2, 0) is 0 Å². The van der Waals surface area contributed by atoms with Crippen LogP contribution in [0.2, 0.25) is 0 Å². The molecule has 3 heteroatoms. The summed E-state index contributed by atoms with van der Waals surface area (Å²) < 4.78 is 0. The fourth-order valence-corrected chi connectivity index (χ4v) is 2.52. The maximum absolute atomic E-state index is 9.43. The quantitative estimate of drug-likeness (QED) is 0.636. The number of rotatable bonds is 2. The molecular formula is C10H20N2O. The number of aliphatic hydroxyl groups is 1. The molecule has 0 aromatic heterocycles. The molecule has 2 N–H and O–H groups in total. The summed E-state index contributed by atoms with van der Waals surface area (Å²) in [5, 5.41) is 12.8. The summed E-state index contributed by atoms with van der Waals surface area (Å²) in [7, 11) is 0. The van der Waals surface area contributed by atoms with Gasteiger partial charge in [-0.2, -0.15) is 0 Å². The highest BCUT2D eigenvalue weighted by atomic mass is 16.3. The highest BCUT2D eigenvalue weighted by Crippen LogP contribution is 2.21. The van der Waals surface area contributed by atoms with Crippen LogP contribution in [0.25, 0.3) is 0 Å². The van der Waals surface area contributed by atoms with Crippen LogP contribution in [0.3, 0.4) is 0 Å². The van der Waals surface area contributed by atoms with E-state index in [1.54, 1.807) is 0 Å². The summed E-state index contributed by atoms with van der Waals surface area (Å²) >= 11 is 0. The van der Waals surface area contributed by atoms with E-state index in [0.29, 0.717) is 6.04 Å². The topological polar surface area (TPSA) is 35.5 Å². The van der Waals surface area contributed by atoms with E-state index in [4.69, 9.17) is 0 Å². The molecule has 0 spiro atoms. The van der Waals surface area contributed by atoms with Gasteiger partial charge in [0.25, 0.3) is 0 Å². The number of hydrogen-bond donors (Lipinski definition) is 2. The Kier molecular flexibility index (Phi) is 2.86. The number of likely N-dealkylation sites (tertiary alicyclic amines) is 1. The van der Waals surface area contributed by atoms with Crippen LogP contribution >= 0.6 is 0 Å². The molecule has 2 heterocycles. The zero-order valence-corrected chi connectivity index (χ0v) is 8.37. The Bertz CT molecular complexity index is 168. The van der Waals surface area contributed by atoms with Crippen LogP contribution in [0, 0.1) is 5.92 Å².